The third kappa shape index (κ3) is 19.8. The summed E-state index contributed by atoms with van der Waals surface area (Å²) >= 11 is 0. The number of benzene rings is 8. The van der Waals surface area contributed by atoms with Gasteiger partial charge < -0.3 is 0 Å². The van der Waals surface area contributed by atoms with Gasteiger partial charge in [0.2, 0.25) is 0 Å². The SMILES string of the molecule is c1ccc2c(CCCCCCCCCCCCCCCCCCCCc3c4ccccc4nc4ccccc34)c3ccccc3nc2c1.c1ccc2c(CCCCCCCCCCCCCCCCCCc3c4ccccc4nc4ccccc34)c3ccccc3nc2c1. The molecule has 0 spiro atoms. The van der Waals surface area contributed by atoms with Gasteiger partial charge in [-0.1, -0.05) is 338 Å². The van der Waals surface area contributed by atoms with Gasteiger partial charge in [-0.05, 0) is 122 Å². The van der Waals surface area contributed by atoms with E-state index in [9.17, 15) is 0 Å². The van der Waals surface area contributed by atoms with Crippen LogP contribution >= 0.6 is 0 Å². The maximum Gasteiger partial charge on any atom is 0.0712 e. The van der Waals surface area contributed by atoms with E-state index >= 15 is 0 Å². The lowest BCUT2D eigenvalue weighted by atomic mass is 9.97. The molecule has 0 saturated heterocycles. The fourth-order valence-corrected chi connectivity index (χ4v) is 15.3. The number of unbranched alkanes of at least 4 members (excludes halogenated alkanes) is 32. The lowest BCUT2D eigenvalue weighted by molar-refractivity contribution is 0.524. The molecule has 0 aliphatic carbocycles. The number of hydrogen-bond donors (Lipinski definition) is 0. The van der Waals surface area contributed by atoms with Gasteiger partial charge in [-0.3, -0.25) is 0 Å². The van der Waals surface area contributed by atoms with Gasteiger partial charge in [0.05, 0.1) is 44.1 Å². The lowest BCUT2D eigenvalue weighted by Crippen LogP contribution is -1.93. The van der Waals surface area contributed by atoms with Gasteiger partial charge in [0.15, 0.2) is 0 Å². The molecule has 12 aromatic rings. The van der Waals surface area contributed by atoms with Crippen molar-refractivity contribution >= 4 is 87.2 Å². The molecular weight excluding hydrogens is 1140 g/mol. The minimum absolute atomic E-state index is 1.13. The molecule has 0 saturated carbocycles. The summed E-state index contributed by atoms with van der Waals surface area (Å²) in [7, 11) is 0. The van der Waals surface area contributed by atoms with Crippen molar-refractivity contribution in [2.24, 2.45) is 0 Å². The third-order valence-electron chi connectivity index (χ3n) is 20.5. The van der Waals surface area contributed by atoms with Crippen molar-refractivity contribution in [3.05, 3.63) is 216 Å². The average Bonchev–Trinajstić information content (AvgIpc) is 1.21. The van der Waals surface area contributed by atoms with E-state index in [4.69, 9.17) is 19.9 Å². The Hall–Kier alpha value is -7.56. The van der Waals surface area contributed by atoms with Gasteiger partial charge in [-0.15, -0.1) is 0 Å². The molecule has 0 amide bonds. The molecule has 488 valence electrons. The fraction of sp³-hybridized carbons (Fsp3) is 0.422. The molecule has 0 radical (unpaired) electrons. The van der Waals surface area contributed by atoms with E-state index < -0.39 is 0 Å². The van der Waals surface area contributed by atoms with Crippen molar-refractivity contribution in [2.75, 3.05) is 0 Å². The van der Waals surface area contributed by atoms with E-state index in [1.807, 2.05) is 0 Å². The second kappa shape index (κ2) is 38.1. The Morgan fingerprint density at radius 1 is 0.128 bits per heavy atom. The summed E-state index contributed by atoms with van der Waals surface area (Å²) in [6.07, 6.45) is 51.8. The zero-order valence-electron chi connectivity index (χ0n) is 57.1. The normalized spacial score (nSPS) is 11.7. The quantitative estimate of drug-likeness (QED) is 0.0284. The van der Waals surface area contributed by atoms with Crippen LogP contribution in [0.15, 0.2) is 194 Å². The summed E-state index contributed by atoms with van der Waals surface area (Å²) < 4.78 is 0. The van der Waals surface area contributed by atoms with E-state index in [1.165, 1.54) is 284 Å². The molecule has 0 aliphatic heterocycles. The number of nitrogens with zero attached hydrogens (tertiary/aromatic N) is 4. The molecule has 0 atom stereocenters. The zero-order chi connectivity index (χ0) is 63.9. The van der Waals surface area contributed by atoms with Crippen LogP contribution in [0.5, 0.6) is 0 Å². The molecule has 0 fully saturated rings. The molecule has 0 aliphatic rings. The van der Waals surface area contributed by atoms with Crippen LogP contribution < -0.4 is 0 Å². The Labute approximate surface area is 564 Å². The van der Waals surface area contributed by atoms with E-state index in [2.05, 4.69) is 194 Å². The predicted octanol–water partition coefficient (Wildman–Crippen LogP) is 27.0. The smallest absolute Gasteiger partial charge is 0.0712 e. The fourth-order valence-electron chi connectivity index (χ4n) is 15.3. The Bertz CT molecular complexity index is 3730. The van der Waals surface area contributed by atoms with E-state index in [0.717, 1.165) is 69.8 Å². The summed E-state index contributed by atoms with van der Waals surface area (Å²) in [5.41, 5.74) is 15.0. The molecule has 0 unspecified atom stereocenters. The van der Waals surface area contributed by atoms with Crippen molar-refractivity contribution < 1.29 is 0 Å². The van der Waals surface area contributed by atoms with Gasteiger partial charge in [0.25, 0.3) is 0 Å². The van der Waals surface area contributed by atoms with E-state index in [0.29, 0.717) is 0 Å². The predicted molar refractivity (Wildman–Crippen MR) is 409 cm³/mol. The molecule has 4 heteroatoms. The maximum absolute atomic E-state index is 4.89. The summed E-state index contributed by atoms with van der Waals surface area (Å²) in [5, 5.41) is 10.7. The van der Waals surface area contributed by atoms with Crippen LogP contribution in [-0.4, -0.2) is 19.9 Å². The van der Waals surface area contributed by atoms with Crippen LogP contribution in [0, 0.1) is 0 Å². The number of rotatable bonds is 40. The second-order valence-corrected chi connectivity index (χ2v) is 27.5. The lowest BCUT2D eigenvalue weighted by Gasteiger charge is -2.11. The zero-order valence-corrected chi connectivity index (χ0v) is 57.1. The second-order valence-electron chi connectivity index (χ2n) is 27.5. The number of aromatic nitrogens is 4. The monoisotopic (exact) mass is 1240 g/mol. The highest BCUT2D eigenvalue weighted by molar-refractivity contribution is 6.00. The van der Waals surface area contributed by atoms with Crippen molar-refractivity contribution in [3.8, 4) is 0 Å². The minimum Gasteiger partial charge on any atom is -0.248 e. The number of aryl methyl sites for hydroxylation is 4. The van der Waals surface area contributed by atoms with Crippen LogP contribution in [-0.2, 0) is 25.7 Å². The Morgan fingerprint density at radius 2 is 0.234 bits per heavy atom. The molecule has 94 heavy (non-hydrogen) atoms. The average molecular weight is 1250 g/mol. The summed E-state index contributed by atoms with van der Waals surface area (Å²) in [5.74, 6) is 0. The molecule has 0 N–H and O–H groups in total. The number of para-hydroxylation sites is 8. The number of pyridine rings is 4. The first-order valence-electron chi connectivity index (χ1n) is 37.8. The molecule has 12 rings (SSSR count). The van der Waals surface area contributed by atoms with Crippen molar-refractivity contribution in [1.82, 2.24) is 19.9 Å². The Balaban J connectivity index is 0.000000192. The van der Waals surface area contributed by atoms with E-state index in [-0.39, 0.29) is 0 Å². The summed E-state index contributed by atoms with van der Waals surface area (Å²) in [6, 6.07) is 69.3. The molecule has 4 nitrogen and oxygen atoms in total. The third-order valence-corrected chi connectivity index (χ3v) is 20.5. The van der Waals surface area contributed by atoms with Crippen molar-refractivity contribution in [3.63, 3.8) is 0 Å². The van der Waals surface area contributed by atoms with Crippen LogP contribution in [0.25, 0.3) is 87.2 Å². The molecule has 8 aromatic carbocycles. The van der Waals surface area contributed by atoms with Gasteiger partial charge >= 0.3 is 0 Å². The first-order valence-corrected chi connectivity index (χ1v) is 37.8. The van der Waals surface area contributed by atoms with Crippen LogP contribution in [0.3, 0.4) is 0 Å². The summed E-state index contributed by atoms with van der Waals surface area (Å²) in [4.78, 5) is 19.6. The molecule has 4 heterocycles. The molecule has 4 aromatic heterocycles. The molecular formula is C90H108N4. The van der Waals surface area contributed by atoms with Gasteiger partial charge in [-0.2, -0.15) is 0 Å². The van der Waals surface area contributed by atoms with Crippen molar-refractivity contribution in [1.29, 1.82) is 0 Å². The highest BCUT2D eigenvalue weighted by Gasteiger charge is 2.13. The first kappa shape index (κ1) is 67.8. The van der Waals surface area contributed by atoms with Gasteiger partial charge in [-0.25, -0.2) is 19.9 Å². The Morgan fingerprint density at radius 3 is 0.362 bits per heavy atom. The van der Waals surface area contributed by atoms with E-state index in [1.54, 1.807) is 0 Å². The van der Waals surface area contributed by atoms with Gasteiger partial charge in [0, 0.05) is 43.1 Å². The van der Waals surface area contributed by atoms with Crippen LogP contribution in [0.4, 0.5) is 0 Å². The largest absolute Gasteiger partial charge is 0.248 e. The topological polar surface area (TPSA) is 51.6 Å². The van der Waals surface area contributed by atoms with Gasteiger partial charge in [0.1, 0.15) is 0 Å². The number of fused-ring (bicyclic) bond motifs is 8. The van der Waals surface area contributed by atoms with Crippen LogP contribution in [0.2, 0.25) is 0 Å². The summed E-state index contributed by atoms with van der Waals surface area (Å²) in [6.45, 7) is 0. The first-order chi connectivity index (χ1) is 46.8. The van der Waals surface area contributed by atoms with Crippen LogP contribution in [0.1, 0.15) is 241 Å². The number of hydrogen-bond acceptors (Lipinski definition) is 4. The maximum atomic E-state index is 4.89. The molecule has 0 bridgehead atoms. The Kier molecular flexibility index (Phi) is 27.5. The van der Waals surface area contributed by atoms with Crippen molar-refractivity contribution in [2.45, 2.75) is 244 Å². The standard InChI is InChI=1S/C46H56N2.C44H52N2/c1(3-5-7-9-11-13-15-17-27-37-39-29-19-23-33-43(39)47-44-34-24-20-30-40(37)44)2-4-6-8-10-12-14-16-18-28-38-41-31-21-25-35-45(41)48-46-36-26-22-32-42(38)46;1(3-5-7-9-11-13-15-25-35-37-27-17-21-31-41(37)45-42-32-22-18-28-38(35)42)2-4-6-8-10-12-14-16-26-36-39-29-19-23-33-43(39)46-44-34-24-20-30-40(36)44/h19-26,29-36H,1-18,27-28H2;17-24,27-34H,1-16,25-26H2. The minimum atomic E-state index is 1.13. The highest BCUT2D eigenvalue weighted by atomic mass is 14.7. The highest BCUT2D eigenvalue weighted by Crippen LogP contribution is 2.33.